The van der Waals surface area contributed by atoms with Gasteiger partial charge in [0.1, 0.15) is 17.0 Å². The number of carbonyl (C=O) groups excluding carboxylic acids is 1. The van der Waals surface area contributed by atoms with Crippen LogP contribution in [0.2, 0.25) is 0 Å². The molecule has 0 radical (unpaired) electrons. The van der Waals surface area contributed by atoms with Crippen LogP contribution in [-0.2, 0) is 4.74 Å². The molecular formula is C16H16FNO4. The third kappa shape index (κ3) is 3.16. The summed E-state index contributed by atoms with van der Waals surface area (Å²) in [7, 11) is 0. The zero-order chi connectivity index (χ0) is 16.5. The third-order valence-corrected chi connectivity index (χ3v) is 2.86. The van der Waals surface area contributed by atoms with E-state index in [1.807, 2.05) is 0 Å². The molecule has 5 nitrogen and oxygen atoms in total. The van der Waals surface area contributed by atoms with Gasteiger partial charge in [0, 0.05) is 11.8 Å². The summed E-state index contributed by atoms with van der Waals surface area (Å²) in [5.74, 6) is -2.78. The highest BCUT2D eigenvalue weighted by molar-refractivity contribution is 6.02. The zero-order valence-corrected chi connectivity index (χ0v) is 12.4. The molecule has 0 aliphatic rings. The molecule has 1 aromatic heterocycles. The van der Waals surface area contributed by atoms with E-state index in [1.54, 1.807) is 20.8 Å². The Morgan fingerprint density at radius 1 is 1.23 bits per heavy atom. The maximum Gasteiger partial charge on any atom is 0.342 e. The molecule has 0 spiro atoms. The van der Waals surface area contributed by atoms with Crippen LogP contribution in [0.5, 0.6) is 0 Å². The van der Waals surface area contributed by atoms with E-state index in [0.29, 0.717) is 0 Å². The SMILES string of the molecule is CC(C)(C)OC(=O)c1c(F)cccc1-c1[nH]ccc1C(=O)O. The van der Waals surface area contributed by atoms with Crippen LogP contribution in [0.3, 0.4) is 0 Å². The Morgan fingerprint density at radius 3 is 2.50 bits per heavy atom. The summed E-state index contributed by atoms with van der Waals surface area (Å²) in [6, 6.07) is 5.36. The van der Waals surface area contributed by atoms with E-state index in [1.165, 1.54) is 24.4 Å². The number of rotatable bonds is 3. The lowest BCUT2D eigenvalue weighted by molar-refractivity contribution is 0.00653. The fourth-order valence-corrected chi connectivity index (χ4v) is 2.04. The van der Waals surface area contributed by atoms with Crippen molar-refractivity contribution in [2.45, 2.75) is 26.4 Å². The van der Waals surface area contributed by atoms with Crippen LogP contribution in [0.15, 0.2) is 30.5 Å². The number of hydrogen-bond donors (Lipinski definition) is 2. The van der Waals surface area contributed by atoms with Gasteiger partial charge >= 0.3 is 11.9 Å². The monoisotopic (exact) mass is 305 g/mol. The first-order valence-electron chi connectivity index (χ1n) is 6.63. The summed E-state index contributed by atoms with van der Waals surface area (Å²) in [5.41, 5.74) is -0.815. The van der Waals surface area contributed by atoms with Crippen LogP contribution in [-0.4, -0.2) is 27.6 Å². The van der Waals surface area contributed by atoms with Crippen LogP contribution >= 0.6 is 0 Å². The van der Waals surface area contributed by atoms with Crippen molar-refractivity contribution in [2.24, 2.45) is 0 Å². The lowest BCUT2D eigenvalue weighted by Crippen LogP contribution is -2.25. The summed E-state index contributed by atoms with van der Waals surface area (Å²) in [4.78, 5) is 26.2. The number of halogens is 1. The molecular weight excluding hydrogens is 289 g/mol. The van der Waals surface area contributed by atoms with E-state index < -0.39 is 23.4 Å². The van der Waals surface area contributed by atoms with Crippen molar-refractivity contribution < 1.29 is 23.8 Å². The number of esters is 1. The number of carbonyl (C=O) groups is 2. The quantitative estimate of drug-likeness (QED) is 0.851. The van der Waals surface area contributed by atoms with E-state index in [9.17, 15) is 19.1 Å². The van der Waals surface area contributed by atoms with Gasteiger partial charge in [0.15, 0.2) is 0 Å². The largest absolute Gasteiger partial charge is 0.478 e. The Balaban J connectivity index is 2.59. The molecule has 1 aromatic carbocycles. The molecule has 0 unspecified atom stereocenters. The van der Waals surface area contributed by atoms with E-state index in [0.717, 1.165) is 6.07 Å². The van der Waals surface area contributed by atoms with Crippen LogP contribution in [0.4, 0.5) is 4.39 Å². The summed E-state index contributed by atoms with van der Waals surface area (Å²) in [5, 5.41) is 9.17. The molecule has 6 heteroatoms. The van der Waals surface area contributed by atoms with Gasteiger partial charge in [0.05, 0.1) is 11.3 Å². The van der Waals surface area contributed by atoms with Crippen molar-refractivity contribution in [2.75, 3.05) is 0 Å². The van der Waals surface area contributed by atoms with Gasteiger partial charge in [-0.15, -0.1) is 0 Å². The van der Waals surface area contributed by atoms with E-state index in [4.69, 9.17) is 4.74 Å². The lowest BCUT2D eigenvalue weighted by atomic mass is 10.0. The molecule has 2 rings (SSSR count). The standard InChI is InChI=1S/C16H16FNO4/c1-16(2,3)22-15(21)12-9(5-4-6-11(12)17)13-10(14(19)20)7-8-18-13/h4-8,18H,1-3H3,(H,19,20). The molecule has 2 N–H and O–H groups in total. The second-order valence-corrected chi connectivity index (χ2v) is 5.74. The van der Waals surface area contributed by atoms with Crippen molar-refractivity contribution in [3.05, 3.63) is 47.4 Å². The molecule has 116 valence electrons. The highest BCUT2D eigenvalue weighted by Crippen LogP contribution is 2.29. The molecule has 0 amide bonds. The number of aromatic carboxylic acids is 1. The highest BCUT2D eigenvalue weighted by atomic mass is 19.1. The van der Waals surface area contributed by atoms with Crippen LogP contribution < -0.4 is 0 Å². The number of carboxylic acid groups (broad SMARTS) is 1. The maximum absolute atomic E-state index is 14.1. The van der Waals surface area contributed by atoms with E-state index in [-0.39, 0.29) is 22.4 Å². The number of H-pyrrole nitrogens is 1. The van der Waals surface area contributed by atoms with Crippen molar-refractivity contribution >= 4 is 11.9 Å². The molecule has 0 bridgehead atoms. The minimum atomic E-state index is -1.17. The van der Waals surface area contributed by atoms with Gasteiger partial charge < -0.3 is 14.8 Å². The van der Waals surface area contributed by atoms with Crippen LogP contribution in [0.25, 0.3) is 11.3 Å². The third-order valence-electron chi connectivity index (χ3n) is 2.86. The van der Waals surface area contributed by atoms with E-state index in [2.05, 4.69) is 4.98 Å². The molecule has 0 fully saturated rings. The Kier molecular flexibility index (Phi) is 4.03. The van der Waals surface area contributed by atoms with Crippen molar-refractivity contribution in [3.8, 4) is 11.3 Å². The Bertz CT molecular complexity index is 728. The molecule has 0 saturated heterocycles. The second kappa shape index (κ2) is 5.63. The number of carboxylic acids is 1. The fourth-order valence-electron chi connectivity index (χ4n) is 2.04. The average Bonchev–Trinajstić information content (AvgIpc) is 2.85. The molecule has 22 heavy (non-hydrogen) atoms. The molecule has 1 heterocycles. The predicted molar refractivity (Wildman–Crippen MR) is 78.3 cm³/mol. The second-order valence-electron chi connectivity index (χ2n) is 5.74. The average molecular weight is 305 g/mol. The van der Waals surface area contributed by atoms with Gasteiger partial charge in [-0.3, -0.25) is 0 Å². The molecule has 2 aromatic rings. The predicted octanol–water partition coefficient (Wildman–Crippen LogP) is 3.47. The summed E-state index contributed by atoms with van der Waals surface area (Å²) >= 11 is 0. The zero-order valence-electron chi connectivity index (χ0n) is 12.4. The van der Waals surface area contributed by atoms with E-state index >= 15 is 0 Å². The van der Waals surface area contributed by atoms with Gasteiger partial charge in [0.2, 0.25) is 0 Å². The minimum Gasteiger partial charge on any atom is -0.478 e. The fraction of sp³-hybridized carbons (Fsp3) is 0.250. The number of benzene rings is 1. The first kappa shape index (κ1) is 15.8. The van der Waals surface area contributed by atoms with Crippen molar-refractivity contribution in [1.29, 1.82) is 0 Å². The first-order valence-corrected chi connectivity index (χ1v) is 6.63. The van der Waals surface area contributed by atoms with Crippen molar-refractivity contribution in [1.82, 2.24) is 4.98 Å². The van der Waals surface area contributed by atoms with Gasteiger partial charge in [-0.1, -0.05) is 12.1 Å². The van der Waals surface area contributed by atoms with Gasteiger partial charge in [-0.25, -0.2) is 14.0 Å². The summed E-state index contributed by atoms with van der Waals surface area (Å²) in [6.45, 7) is 5.01. The number of ether oxygens (including phenoxy) is 1. The summed E-state index contributed by atoms with van der Waals surface area (Å²) < 4.78 is 19.3. The molecule has 0 atom stereocenters. The van der Waals surface area contributed by atoms with Crippen molar-refractivity contribution in [3.63, 3.8) is 0 Å². The smallest absolute Gasteiger partial charge is 0.342 e. The first-order chi connectivity index (χ1) is 10.2. The maximum atomic E-state index is 14.1. The minimum absolute atomic E-state index is 0.0459. The Hall–Kier alpha value is -2.63. The number of aromatic amines is 1. The Labute approximate surface area is 126 Å². The Morgan fingerprint density at radius 2 is 1.91 bits per heavy atom. The number of aromatic nitrogens is 1. The van der Waals surface area contributed by atoms with Gasteiger partial charge in [-0.2, -0.15) is 0 Å². The highest BCUT2D eigenvalue weighted by Gasteiger charge is 2.26. The van der Waals surface area contributed by atoms with Gasteiger partial charge in [-0.05, 0) is 32.9 Å². The lowest BCUT2D eigenvalue weighted by Gasteiger charge is -2.20. The topological polar surface area (TPSA) is 79.4 Å². The normalized spacial score (nSPS) is 11.3. The summed E-state index contributed by atoms with van der Waals surface area (Å²) in [6.07, 6.45) is 1.42. The molecule has 0 saturated carbocycles. The number of hydrogen-bond acceptors (Lipinski definition) is 3. The van der Waals surface area contributed by atoms with Crippen LogP contribution in [0, 0.1) is 5.82 Å². The van der Waals surface area contributed by atoms with Crippen LogP contribution in [0.1, 0.15) is 41.5 Å². The molecule has 0 aliphatic carbocycles. The van der Waals surface area contributed by atoms with Gasteiger partial charge in [0.25, 0.3) is 0 Å². The number of nitrogens with one attached hydrogen (secondary N) is 1. The molecule has 0 aliphatic heterocycles.